The van der Waals surface area contributed by atoms with Gasteiger partial charge in [-0.1, -0.05) is 64.7 Å². The average Bonchev–Trinajstić information content (AvgIpc) is 3.51. The molecule has 0 unspecified atom stereocenters. The van der Waals surface area contributed by atoms with Gasteiger partial charge in [-0.3, -0.25) is 10.2 Å². The monoisotopic (exact) mass is 614 g/mol. The summed E-state index contributed by atoms with van der Waals surface area (Å²) in [5, 5.41) is 22.0. The second kappa shape index (κ2) is 16.7. The first-order valence-corrected chi connectivity index (χ1v) is 16.0. The molecule has 1 aliphatic heterocycles. The van der Waals surface area contributed by atoms with Crippen LogP contribution in [0.1, 0.15) is 99.8 Å². The second-order valence-corrected chi connectivity index (χ2v) is 11.7. The molecular formula is C34H50N2O8. The number of hydrazine groups is 1. The molecule has 0 aromatic heterocycles. The third-order valence-corrected chi connectivity index (χ3v) is 8.88. The number of hydrogen-bond acceptors (Lipinski definition) is 9. The van der Waals surface area contributed by atoms with Crippen molar-refractivity contribution in [3.63, 3.8) is 0 Å². The molecule has 0 saturated heterocycles. The van der Waals surface area contributed by atoms with Gasteiger partial charge in [-0.25, -0.2) is 5.43 Å². The van der Waals surface area contributed by atoms with Crippen LogP contribution in [0, 0.1) is 11.8 Å². The number of methoxy groups -OCH3 is 3. The zero-order valence-corrected chi connectivity index (χ0v) is 26.7. The summed E-state index contributed by atoms with van der Waals surface area (Å²) in [5.41, 5.74) is 7.96. The minimum Gasteiger partial charge on any atom is -0.493 e. The van der Waals surface area contributed by atoms with Gasteiger partial charge in [-0.05, 0) is 47.4 Å². The predicted octanol–water partition coefficient (Wildman–Crippen LogP) is 5.39. The van der Waals surface area contributed by atoms with Gasteiger partial charge in [0.2, 0.25) is 18.4 Å². The Balaban J connectivity index is 1.52. The van der Waals surface area contributed by atoms with Crippen molar-refractivity contribution in [3.05, 3.63) is 41.0 Å². The summed E-state index contributed by atoms with van der Waals surface area (Å²) >= 11 is 0. The number of nitrogens with one attached hydrogen (secondary N) is 2. The minimum absolute atomic E-state index is 0.0688. The van der Waals surface area contributed by atoms with E-state index in [9.17, 15) is 15.0 Å². The molecule has 2 aromatic carbocycles. The Morgan fingerprint density at radius 3 is 1.95 bits per heavy atom. The third-order valence-electron chi connectivity index (χ3n) is 8.88. The molecule has 0 spiro atoms. The van der Waals surface area contributed by atoms with Crippen LogP contribution >= 0.6 is 0 Å². The molecule has 2 aromatic rings. The number of carbonyl (C=O) groups is 1. The van der Waals surface area contributed by atoms with E-state index in [1.807, 2.05) is 18.2 Å². The Kier molecular flexibility index (Phi) is 12.8. The fraction of sp³-hybridized carbons (Fsp3) is 0.618. The van der Waals surface area contributed by atoms with Gasteiger partial charge in [0.1, 0.15) is 0 Å². The van der Waals surface area contributed by atoms with E-state index in [4.69, 9.17) is 23.7 Å². The van der Waals surface area contributed by atoms with E-state index in [0.29, 0.717) is 52.0 Å². The van der Waals surface area contributed by atoms with E-state index in [1.165, 1.54) is 72.7 Å². The van der Waals surface area contributed by atoms with Gasteiger partial charge in [-0.15, -0.1) is 0 Å². The van der Waals surface area contributed by atoms with Crippen LogP contribution in [0.5, 0.6) is 28.7 Å². The highest BCUT2D eigenvalue weighted by Crippen LogP contribution is 2.53. The lowest BCUT2D eigenvalue weighted by molar-refractivity contribution is -0.132. The second-order valence-electron chi connectivity index (χ2n) is 11.7. The first kappa shape index (κ1) is 33.7. The summed E-state index contributed by atoms with van der Waals surface area (Å²) in [4.78, 5) is 13.9. The van der Waals surface area contributed by atoms with Crippen LogP contribution in [0.2, 0.25) is 0 Å². The lowest BCUT2D eigenvalue weighted by Crippen LogP contribution is -2.49. The highest BCUT2D eigenvalue weighted by atomic mass is 16.7. The van der Waals surface area contributed by atoms with Crippen molar-refractivity contribution >= 4 is 5.91 Å². The summed E-state index contributed by atoms with van der Waals surface area (Å²) < 4.78 is 28.1. The number of ether oxygens (including phenoxy) is 5. The highest BCUT2D eigenvalue weighted by Gasteiger charge is 2.47. The Labute approximate surface area is 261 Å². The van der Waals surface area contributed by atoms with Crippen LogP contribution in [-0.4, -0.2) is 57.4 Å². The fourth-order valence-corrected chi connectivity index (χ4v) is 6.53. The molecule has 244 valence electrons. The third kappa shape index (κ3) is 7.71. The average molecular weight is 615 g/mol. The van der Waals surface area contributed by atoms with E-state index in [-0.39, 0.29) is 12.7 Å². The van der Waals surface area contributed by atoms with Gasteiger partial charge in [0, 0.05) is 25.0 Å². The molecule has 0 radical (unpaired) electrons. The summed E-state index contributed by atoms with van der Waals surface area (Å²) in [5.74, 6) is -0.151. The number of rotatable bonds is 18. The van der Waals surface area contributed by atoms with Crippen LogP contribution in [0.25, 0.3) is 0 Å². The van der Waals surface area contributed by atoms with Crippen molar-refractivity contribution in [1.82, 2.24) is 10.9 Å². The maximum absolute atomic E-state index is 13.9. The van der Waals surface area contributed by atoms with Gasteiger partial charge < -0.3 is 33.9 Å². The van der Waals surface area contributed by atoms with Crippen molar-refractivity contribution in [1.29, 1.82) is 0 Å². The van der Waals surface area contributed by atoms with E-state index in [2.05, 4.69) is 17.8 Å². The normalized spacial score (nSPS) is 20.2. The van der Waals surface area contributed by atoms with Gasteiger partial charge in [0.05, 0.1) is 33.4 Å². The number of carbonyl (C=O) groups excluding carboxylic acids is 1. The number of amides is 1. The van der Waals surface area contributed by atoms with E-state index < -0.39 is 30.5 Å². The smallest absolute Gasteiger partial charge is 0.238 e. The summed E-state index contributed by atoms with van der Waals surface area (Å²) in [6.07, 6.45) is 11.2. The topological polar surface area (TPSA) is 128 Å². The fourth-order valence-electron chi connectivity index (χ4n) is 6.53. The molecule has 10 nitrogen and oxygen atoms in total. The lowest BCUT2D eigenvalue weighted by atomic mass is 9.65. The van der Waals surface area contributed by atoms with Gasteiger partial charge in [0.25, 0.3) is 0 Å². The summed E-state index contributed by atoms with van der Waals surface area (Å²) in [6.45, 7) is 2.54. The van der Waals surface area contributed by atoms with Gasteiger partial charge >= 0.3 is 0 Å². The van der Waals surface area contributed by atoms with Crippen molar-refractivity contribution in [2.45, 2.75) is 83.2 Å². The molecule has 1 heterocycles. The van der Waals surface area contributed by atoms with E-state index in [1.54, 1.807) is 6.07 Å². The molecule has 44 heavy (non-hydrogen) atoms. The van der Waals surface area contributed by atoms with Crippen LogP contribution in [0.3, 0.4) is 0 Å². The van der Waals surface area contributed by atoms with Crippen molar-refractivity contribution < 1.29 is 38.7 Å². The number of hydrogen-bond donors (Lipinski definition) is 4. The lowest BCUT2D eigenvalue weighted by Gasteiger charge is -2.41. The molecule has 4 atom stereocenters. The molecule has 0 bridgehead atoms. The van der Waals surface area contributed by atoms with Crippen molar-refractivity contribution in [2.24, 2.45) is 11.8 Å². The van der Waals surface area contributed by atoms with Crippen LogP contribution in [-0.2, 0) is 4.79 Å². The number of aliphatic hydroxyl groups is 2. The standard InChI is InChI=1S/C34H50N2O8/c1-5-6-7-8-9-10-11-12-13-14-15-35-36-34(39)31-25(20-37)32(38)24-19-27-26(43-21-44-27)18-23(24)30(31)22-16-28(40-2)33(42-4)29(17-22)41-3/h16-19,25,30-32,35,37-38H,5-15,20-21H2,1-4H3,(H,36,39)/t25-,30-,31-,32+/m0/s1. The molecule has 10 heteroatoms. The van der Waals surface area contributed by atoms with E-state index >= 15 is 0 Å². The highest BCUT2D eigenvalue weighted by molar-refractivity contribution is 5.81. The van der Waals surface area contributed by atoms with Gasteiger partial charge in [0.15, 0.2) is 23.0 Å². The van der Waals surface area contributed by atoms with Crippen molar-refractivity contribution in [3.8, 4) is 28.7 Å². The summed E-state index contributed by atoms with van der Waals surface area (Å²) in [7, 11) is 4.61. The molecule has 1 aliphatic carbocycles. The molecule has 0 fully saturated rings. The zero-order valence-electron chi connectivity index (χ0n) is 26.7. The quantitative estimate of drug-likeness (QED) is 0.129. The number of fused-ring (bicyclic) bond motifs is 2. The summed E-state index contributed by atoms with van der Waals surface area (Å²) in [6, 6.07) is 7.18. The Morgan fingerprint density at radius 1 is 0.841 bits per heavy atom. The molecule has 2 aliphatic rings. The molecule has 4 rings (SSSR count). The first-order valence-electron chi connectivity index (χ1n) is 16.0. The Morgan fingerprint density at radius 2 is 1.41 bits per heavy atom. The maximum atomic E-state index is 13.9. The predicted molar refractivity (Wildman–Crippen MR) is 168 cm³/mol. The SMILES string of the molecule is CCCCCCCCCCCCNNC(=O)[C@@H]1[C@@H](c2cc(OC)c(OC)c(OC)c2)c2cc3c(cc2[C@@H](O)[C@H]1CO)OCO3. The largest absolute Gasteiger partial charge is 0.493 e. The molecule has 4 N–H and O–H groups in total. The van der Waals surface area contributed by atoms with Gasteiger partial charge in [-0.2, -0.15) is 0 Å². The molecular weight excluding hydrogens is 564 g/mol. The number of aliphatic hydroxyl groups excluding tert-OH is 2. The molecule has 0 saturated carbocycles. The minimum atomic E-state index is -1.10. The Hall–Kier alpha value is -3.21. The first-order chi connectivity index (χ1) is 21.5. The van der Waals surface area contributed by atoms with E-state index in [0.717, 1.165) is 12.8 Å². The van der Waals surface area contributed by atoms with Crippen molar-refractivity contribution in [2.75, 3.05) is 41.3 Å². The van der Waals surface area contributed by atoms with Crippen LogP contribution < -0.4 is 34.5 Å². The Bertz CT molecular complexity index is 1200. The van der Waals surface area contributed by atoms with Crippen LogP contribution in [0.4, 0.5) is 0 Å². The number of unbranched alkanes of at least 4 members (excludes halogenated alkanes) is 9. The maximum Gasteiger partial charge on any atom is 0.238 e. The van der Waals surface area contributed by atoms with Crippen LogP contribution in [0.15, 0.2) is 24.3 Å². The zero-order chi connectivity index (χ0) is 31.5. The number of benzene rings is 2. The molecule has 1 amide bonds.